The molecule has 32 heavy (non-hydrogen) atoms. The molecule has 9 heteroatoms. The second-order valence-electron chi connectivity index (χ2n) is 7.71. The molecular weight excluding hydrogens is 455 g/mol. The molecule has 0 unspecified atom stereocenters. The van der Waals surface area contributed by atoms with Crippen LogP contribution < -0.4 is 9.47 Å². The van der Waals surface area contributed by atoms with Crippen LogP contribution in [0.2, 0.25) is 5.02 Å². The van der Waals surface area contributed by atoms with Gasteiger partial charge in [0.1, 0.15) is 19.4 Å². The molecule has 1 fully saturated rings. The summed E-state index contributed by atoms with van der Waals surface area (Å²) in [7, 11) is 0. The predicted molar refractivity (Wildman–Crippen MR) is 120 cm³/mol. The van der Waals surface area contributed by atoms with E-state index in [1.54, 1.807) is 24.4 Å². The molecule has 0 bridgehead atoms. The predicted octanol–water partition coefficient (Wildman–Crippen LogP) is 4.45. The number of hydrogen-bond acceptors (Lipinski definition) is 6. The lowest BCUT2D eigenvalue weighted by Gasteiger charge is -2.32. The second kappa shape index (κ2) is 8.69. The number of thiophene rings is 1. The van der Waals surface area contributed by atoms with E-state index in [1.165, 1.54) is 16.2 Å². The maximum absolute atomic E-state index is 13.8. The molecule has 0 aliphatic carbocycles. The van der Waals surface area contributed by atoms with Crippen LogP contribution in [0.15, 0.2) is 41.9 Å². The van der Waals surface area contributed by atoms with E-state index in [2.05, 4.69) is 4.98 Å². The first-order valence-corrected chi connectivity index (χ1v) is 11.5. The number of piperidine rings is 1. The lowest BCUT2D eigenvalue weighted by atomic mass is 10.0. The van der Waals surface area contributed by atoms with Crippen molar-refractivity contribution in [2.75, 3.05) is 26.3 Å². The van der Waals surface area contributed by atoms with Gasteiger partial charge in [-0.05, 0) is 41.6 Å². The van der Waals surface area contributed by atoms with E-state index in [0.717, 1.165) is 21.6 Å². The first kappa shape index (κ1) is 21.2. The highest BCUT2D eigenvalue weighted by Crippen LogP contribution is 2.42. The number of ether oxygens (including phenoxy) is 2. The van der Waals surface area contributed by atoms with Gasteiger partial charge in [0, 0.05) is 34.3 Å². The van der Waals surface area contributed by atoms with Gasteiger partial charge in [0.15, 0.2) is 5.75 Å². The van der Waals surface area contributed by atoms with E-state index in [1.807, 2.05) is 17.5 Å². The van der Waals surface area contributed by atoms with Crippen molar-refractivity contribution in [3.8, 4) is 33.2 Å². The molecule has 1 N–H and O–H groups in total. The van der Waals surface area contributed by atoms with Crippen LogP contribution in [0.4, 0.5) is 4.39 Å². The number of halogens is 2. The van der Waals surface area contributed by atoms with Gasteiger partial charge in [-0.15, -0.1) is 11.3 Å². The lowest BCUT2D eigenvalue weighted by molar-refractivity contribution is 0.00826. The number of likely N-dealkylation sites (tertiary alicyclic amines) is 1. The quantitative estimate of drug-likeness (QED) is 0.607. The highest BCUT2D eigenvalue weighted by molar-refractivity contribution is 7.14. The number of carbonyl (C=O) groups is 1. The van der Waals surface area contributed by atoms with Gasteiger partial charge >= 0.3 is 0 Å². The Balaban J connectivity index is 1.39. The van der Waals surface area contributed by atoms with E-state index in [9.17, 15) is 14.3 Å². The summed E-state index contributed by atoms with van der Waals surface area (Å²) in [5.41, 5.74) is 3.06. The molecular formula is C23H20ClFN2O4S. The molecule has 2 aliphatic rings. The number of aliphatic hydroxyl groups is 1. The summed E-state index contributed by atoms with van der Waals surface area (Å²) in [5, 5.41) is 12.0. The Morgan fingerprint density at radius 1 is 1.22 bits per heavy atom. The molecule has 4 heterocycles. The smallest absolute Gasteiger partial charge is 0.257 e. The molecule has 0 saturated carbocycles. The standard InChI is InChI=1S/C23H20ClFN2O4S/c24-17-9-13(23(29)27-6-4-19(28)18(25)11-27)1-2-16(17)20-10-14(12-32-20)15-3-5-26-22-21(15)30-7-8-31-22/h1-3,5,9-10,12,18-19,28H,4,6-8,11H2/t18-,19-/m0/s1. The van der Waals surface area contributed by atoms with Crippen molar-refractivity contribution in [1.29, 1.82) is 0 Å². The van der Waals surface area contributed by atoms with Crippen LogP contribution in [0.25, 0.3) is 21.6 Å². The number of nitrogens with zero attached hydrogens (tertiary/aromatic N) is 2. The molecule has 2 aliphatic heterocycles. The van der Waals surface area contributed by atoms with Gasteiger partial charge in [-0.3, -0.25) is 4.79 Å². The zero-order chi connectivity index (χ0) is 22.2. The number of rotatable bonds is 3. The van der Waals surface area contributed by atoms with E-state index >= 15 is 0 Å². The molecule has 1 amide bonds. The first-order chi connectivity index (χ1) is 15.5. The summed E-state index contributed by atoms with van der Waals surface area (Å²) in [6.07, 6.45) is -0.527. The van der Waals surface area contributed by atoms with Gasteiger partial charge in [0.25, 0.3) is 11.8 Å². The van der Waals surface area contributed by atoms with Crippen LogP contribution in [0.1, 0.15) is 16.8 Å². The van der Waals surface area contributed by atoms with Gasteiger partial charge in [-0.25, -0.2) is 9.37 Å². The maximum atomic E-state index is 13.8. The third kappa shape index (κ3) is 3.94. The van der Waals surface area contributed by atoms with E-state index in [4.69, 9.17) is 21.1 Å². The third-order valence-electron chi connectivity index (χ3n) is 5.63. The number of benzene rings is 1. The molecule has 1 aromatic carbocycles. The van der Waals surface area contributed by atoms with Gasteiger partial charge < -0.3 is 19.5 Å². The zero-order valence-electron chi connectivity index (χ0n) is 17.0. The van der Waals surface area contributed by atoms with Crippen molar-refractivity contribution < 1.29 is 23.8 Å². The normalized spacial score (nSPS) is 20.3. The molecule has 3 aromatic rings. The number of aliphatic hydroxyl groups excluding tert-OH is 1. The minimum atomic E-state index is -1.43. The van der Waals surface area contributed by atoms with Crippen molar-refractivity contribution in [2.45, 2.75) is 18.7 Å². The molecule has 6 nitrogen and oxygen atoms in total. The van der Waals surface area contributed by atoms with Gasteiger partial charge in [0.05, 0.1) is 17.7 Å². The average molecular weight is 475 g/mol. The maximum Gasteiger partial charge on any atom is 0.257 e. The fourth-order valence-corrected chi connectivity index (χ4v) is 5.19. The highest BCUT2D eigenvalue weighted by Gasteiger charge is 2.30. The van der Waals surface area contributed by atoms with Crippen LogP contribution >= 0.6 is 22.9 Å². The molecule has 0 radical (unpaired) electrons. The number of fused-ring (bicyclic) bond motifs is 1. The van der Waals surface area contributed by atoms with Crippen LogP contribution in [-0.4, -0.2) is 59.5 Å². The molecule has 2 atom stereocenters. The fourth-order valence-electron chi connectivity index (χ4n) is 3.91. The number of alkyl halides is 1. The number of carbonyl (C=O) groups excluding carboxylic acids is 1. The summed E-state index contributed by atoms with van der Waals surface area (Å²) in [4.78, 5) is 19.3. The van der Waals surface area contributed by atoms with E-state index in [0.29, 0.717) is 42.0 Å². The fraction of sp³-hybridized carbons (Fsp3) is 0.304. The Kier molecular flexibility index (Phi) is 5.75. The summed E-state index contributed by atoms with van der Waals surface area (Å²) in [6.45, 7) is 1.15. The Bertz CT molecular complexity index is 1170. The minimum Gasteiger partial charge on any atom is -0.484 e. The van der Waals surface area contributed by atoms with Crippen molar-refractivity contribution in [3.63, 3.8) is 0 Å². The van der Waals surface area contributed by atoms with Crippen molar-refractivity contribution in [3.05, 3.63) is 52.5 Å². The van der Waals surface area contributed by atoms with Gasteiger partial charge in [0.2, 0.25) is 0 Å². The van der Waals surface area contributed by atoms with Crippen molar-refractivity contribution in [1.82, 2.24) is 9.88 Å². The monoisotopic (exact) mass is 474 g/mol. The van der Waals surface area contributed by atoms with E-state index < -0.39 is 12.3 Å². The summed E-state index contributed by atoms with van der Waals surface area (Å²) in [6, 6.07) is 9.02. The van der Waals surface area contributed by atoms with Gasteiger partial charge in [-0.2, -0.15) is 0 Å². The summed E-state index contributed by atoms with van der Waals surface area (Å²) >= 11 is 8.07. The second-order valence-corrected chi connectivity index (χ2v) is 9.03. The zero-order valence-corrected chi connectivity index (χ0v) is 18.5. The number of amides is 1. The molecule has 1 saturated heterocycles. The van der Waals surface area contributed by atoms with Crippen molar-refractivity contribution >= 4 is 28.8 Å². The number of aromatic nitrogens is 1. The Morgan fingerprint density at radius 2 is 2.06 bits per heavy atom. The number of hydrogen-bond donors (Lipinski definition) is 1. The first-order valence-electron chi connectivity index (χ1n) is 10.3. The molecule has 166 valence electrons. The van der Waals surface area contributed by atoms with E-state index in [-0.39, 0.29) is 18.9 Å². The van der Waals surface area contributed by atoms with Crippen LogP contribution in [0.5, 0.6) is 11.6 Å². The molecule has 2 aromatic heterocycles. The highest BCUT2D eigenvalue weighted by atomic mass is 35.5. The SMILES string of the molecule is O=C(c1ccc(-c2cc(-c3ccnc4c3OCCO4)cs2)c(Cl)c1)N1CC[C@H](O)[C@@H](F)C1. The van der Waals surface area contributed by atoms with Gasteiger partial charge in [-0.1, -0.05) is 17.7 Å². The third-order valence-corrected chi connectivity index (χ3v) is 6.90. The number of pyridine rings is 1. The Morgan fingerprint density at radius 3 is 2.88 bits per heavy atom. The minimum absolute atomic E-state index is 0.115. The van der Waals surface area contributed by atoms with Crippen LogP contribution in [0, 0.1) is 0 Å². The van der Waals surface area contributed by atoms with Crippen molar-refractivity contribution in [2.24, 2.45) is 0 Å². The summed E-state index contributed by atoms with van der Waals surface area (Å²) in [5.74, 6) is 0.830. The van der Waals surface area contributed by atoms with Crippen LogP contribution in [0.3, 0.4) is 0 Å². The average Bonchev–Trinajstić information content (AvgIpc) is 3.29. The Hall–Kier alpha value is -2.68. The largest absolute Gasteiger partial charge is 0.484 e. The molecule has 5 rings (SSSR count). The van der Waals surface area contributed by atoms with Crippen LogP contribution in [-0.2, 0) is 0 Å². The Labute approximate surface area is 193 Å². The summed E-state index contributed by atoms with van der Waals surface area (Å²) < 4.78 is 25.2. The molecule has 0 spiro atoms. The topological polar surface area (TPSA) is 71.9 Å². The lowest BCUT2D eigenvalue weighted by Crippen LogP contribution is -2.47.